The summed E-state index contributed by atoms with van der Waals surface area (Å²) in [4.78, 5) is 9.52. The zero-order valence-electron chi connectivity index (χ0n) is 29.1. The van der Waals surface area contributed by atoms with Gasteiger partial charge in [0.05, 0.1) is 11.0 Å². The van der Waals surface area contributed by atoms with Crippen molar-refractivity contribution in [2.75, 3.05) is 0 Å². The predicted octanol–water partition coefficient (Wildman–Crippen LogP) is 14.2. The molecule has 2 heterocycles. The number of nitrogens with zero attached hydrogens (tertiary/aromatic N) is 2. The van der Waals surface area contributed by atoms with Crippen molar-refractivity contribution in [3.05, 3.63) is 170 Å². The lowest BCUT2D eigenvalue weighted by molar-refractivity contribution is 1.41. The van der Waals surface area contributed by atoms with Crippen LogP contribution in [0, 0.1) is 0 Å². The maximum absolute atomic E-state index is 4.77. The van der Waals surface area contributed by atoms with Crippen LogP contribution < -0.4 is 0 Å². The summed E-state index contributed by atoms with van der Waals surface area (Å²) >= 11 is 0. The van der Waals surface area contributed by atoms with Gasteiger partial charge in [-0.1, -0.05) is 97.1 Å². The lowest BCUT2D eigenvalue weighted by atomic mass is 9.93. The third-order valence-corrected chi connectivity index (χ3v) is 12.1. The van der Waals surface area contributed by atoms with Crippen LogP contribution >= 0.6 is 0 Å². The summed E-state index contributed by atoms with van der Waals surface area (Å²) < 4.78 is 0. The fourth-order valence-corrected chi connectivity index (χ4v) is 9.60. The summed E-state index contributed by atoms with van der Waals surface area (Å²) in [5.74, 6) is 0. The number of pyridine rings is 2. The van der Waals surface area contributed by atoms with Crippen LogP contribution in [0.1, 0.15) is 0 Å². The maximum atomic E-state index is 4.77. The van der Waals surface area contributed by atoms with Crippen LogP contribution in [0.25, 0.3) is 130 Å². The molecule has 13 aromatic rings. The van der Waals surface area contributed by atoms with Gasteiger partial charge in [-0.25, -0.2) is 0 Å². The highest BCUT2D eigenvalue weighted by Gasteiger charge is 2.20. The van der Waals surface area contributed by atoms with Gasteiger partial charge < -0.3 is 0 Å². The Bertz CT molecular complexity index is 3730. The Morgan fingerprint density at radius 1 is 0.241 bits per heavy atom. The Kier molecular flexibility index (Phi) is 5.39. The van der Waals surface area contributed by atoms with Crippen molar-refractivity contribution < 1.29 is 0 Å². The zero-order valence-corrected chi connectivity index (χ0v) is 29.1. The minimum atomic E-state index is 1.02. The molecule has 0 spiro atoms. The quantitative estimate of drug-likeness (QED) is 0.170. The van der Waals surface area contributed by atoms with E-state index in [2.05, 4.69) is 146 Å². The monoisotopic (exact) mass is 680 g/mol. The Labute approximate surface area is 309 Å². The van der Waals surface area contributed by atoms with Gasteiger partial charge in [-0.05, 0) is 158 Å². The van der Waals surface area contributed by atoms with Crippen molar-refractivity contribution in [2.24, 2.45) is 0 Å². The van der Waals surface area contributed by atoms with E-state index in [0.717, 1.165) is 32.9 Å². The number of rotatable bonds is 2. The first-order valence-corrected chi connectivity index (χ1v) is 18.6. The molecule has 0 amide bonds. The topological polar surface area (TPSA) is 25.8 Å². The summed E-state index contributed by atoms with van der Waals surface area (Å²) in [6.07, 6.45) is 4.00. The van der Waals surface area contributed by atoms with Crippen LogP contribution in [-0.2, 0) is 0 Å². The Morgan fingerprint density at radius 2 is 0.704 bits per heavy atom. The van der Waals surface area contributed by atoms with Gasteiger partial charge in [0, 0.05) is 34.3 Å². The smallest absolute Gasteiger partial charge is 0.0702 e. The molecule has 0 unspecified atom stereocenters. The van der Waals surface area contributed by atoms with Gasteiger partial charge >= 0.3 is 0 Å². The van der Waals surface area contributed by atoms with Crippen LogP contribution in [0.5, 0.6) is 0 Å². The summed E-state index contributed by atoms with van der Waals surface area (Å²) in [6.45, 7) is 0. The SMILES string of the molecule is c1ccc2ncc(-c3ccc4cc5c(cc4c3)c3cccc4c6cc7c8ccc(-c9cnc%10ccccc%10c9)cc8c8cccc(c6cc5c34)c87)cc2c1. The second-order valence-electron chi connectivity index (χ2n) is 15.0. The predicted molar refractivity (Wildman–Crippen MR) is 230 cm³/mol. The second kappa shape index (κ2) is 10.2. The lowest BCUT2D eigenvalue weighted by Gasteiger charge is -2.10. The zero-order chi connectivity index (χ0) is 35.1. The molecule has 2 heteroatoms. The van der Waals surface area contributed by atoms with Crippen LogP contribution in [0.15, 0.2) is 170 Å². The summed E-state index contributed by atoms with van der Waals surface area (Å²) in [6, 6.07) is 58.5. The number of hydrogen-bond acceptors (Lipinski definition) is 2. The average Bonchev–Trinajstić information content (AvgIpc) is 3.72. The molecule has 11 aromatic carbocycles. The molecule has 0 bridgehead atoms. The maximum Gasteiger partial charge on any atom is 0.0702 e. The molecule has 2 nitrogen and oxygen atoms in total. The Morgan fingerprint density at radius 3 is 1.33 bits per heavy atom. The van der Waals surface area contributed by atoms with Crippen molar-refractivity contribution >= 4 is 108 Å². The van der Waals surface area contributed by atoms with E-state index >= 15 is 0 Å². The molecule has 54 heavy (non-hydrogen) atoms. The molecule has 0 saturated carbocycles. The summed E-state index contributed by atoms with van der Waals surface area (Å²) in [7, 11) is 0. The van der Waals surface area contributed by atoms with E-state index in [-0.39, 0.29) is 0 Å². The van der Waals surface area contributed by atoms with Gasteiger partial charge in [-0.2, -0.15) is 0 Å². The second-order valence-corrected chi connectivity index (χ2v) is 15.0. The number of hydrogen-bond donors (Lipinski definition) is 0. The fraction of sp³-hybridized carbons (Fsp3) is 0. The minimum Gasteiger partial charge on any atom is -0.256 e. The number of fused-ring (bicyclic) bond motifs is 12. The minimum absolute atomic E-state index is 1.02. The third-order valence-electron chi connectivity index (χ3n) is 12.1. The van der Waals surface area contributed by atoms with Crippen LogP contribution in [0.3, 0.4) is 0 Å². The van der Waals surface area contributed by atoms with Gasteiger partial charge in [-0.3, -0.25) is 9.97 Å². The molecule has 0 radical (unpaired) electrons. The number of benzene rings is 9. The van der Waals surface area contributed by atoms with Gasteiger partial charge in [0.15, 0.2) is 0 Å². The first-order valence-electron chi connectivity index (χ1n) is 18.6. The molecule has 0 fully saturated rings. The lowest BCUT2D eigenvalue weighted by Crippen LogP contribution is -1.83. The van der Waals surface area contributed by atoms with E-state index in [0.29, 0.717) is 0 Å². The van der Waals surface area contributed by atoms with Crippen LogP contribution in [0.4, 0.5) is 0 Å². The van der Waals surface area contributed by atoms with Gasteiger partial charge in [-0.15, -0.1) is 0 Å². The first-order chi connectivity index (χ1) is 26.7. The number of aromatic nitrogens is 2. The largest absolute Gasteiger partial charge is 0.256 e. The molecule has 2 aromatic heterocycles. The number of para-hydroxylation sites is 2. The first kappa shape index (κ1) is 28.4. The standard InChI is InChI=1S/C52H28N2/c1-3-13-49-32(7-1)20-35(27-53-49)29-15-16-30-22-44-43(24-34(30)19-29)39-10-6-12-41-45-25-47-37-18-17-31(36-21-33-8-2-4-14-50(33)54-28-36)23-42(37)38-9-5-11-40(51(38)47)46(45)26-48(44)52(39)41/h1-28H. The molecule has 0 aliphatic heterocycles. The molecule has 13 rings (SSSR count). The average molecular weight is 681 g/mol. The van der Waals surface area contributed by atoms with Crippen molar-refractivity contribution in [1.82, 2.24) is 9.97 Å². The van der Waals surface area contributed by atoms with Crippen LogP contribution in [0.2, 0.25) is 0 Å². The highest BCUT2D eigenvalue weighted by atomic mass is 14.7. The van der Waals surface area contributed by atoms with Gasteiger partial charge in [0.1, 0.15) is 0 Å². The molecule has 246 valence electrons. The normalized spacial score (nSPS) is 12.4. The highest BCUT2D eigenvalue weighted by molar-refractivity contribution is 6.41. The van der Waals surface area contributed by atoms with E-state index in [1.165, 1.54) is 97.3 Å². The molecule has 0 atom stereocenters. The molecular formula is C52H28N2. The van der Waals surface area contributed by atoms with E-state index in [4.69, 9.17) is 9.97 Å². The van der Waals surface area contributed by atoms with Gasteiger partial charge in [0.25, 0.3) is 0 Å². The van der Waals surface area contributed by atoms with E-state index in [1.54, 1.807) is 0 Å². The van der Waals surface area contributed by atoms with E-state index in [9.17, 15) is 0 Å². The highest BCUT2D eigenvalue weighted by Crippen LogP contribution is 2.48. The Hall–Kier alpha value is -7.16. The van der Waals surface area contributed by atoms with E-state index < -0.39 is 0 Å². The van der Waals surface area contributed by atoms with Crippen molar-refractivity contribution in [1.29, 1.82) is 0 Å². The van der Waals surface area contributed by atoms with Gasteiger partial charge in [0.2, 0.25) is 0 Å². The van der Waals surface area contributed by atoms with Crippen molar-refractivity contribution in [3.8, 4) is 22.3 Å². The molecule has 0 N–H and O–H groups in total. The summed E-state index contributed by atoms with van der Waals surface area (Å²) in [5, 5.41) is 23.3. The molecule has 0 aliphatic carbocycles. The molecule has 0 saturated heterocycles. The Balaban J connectivity index is 1.04. The summed E-state index contributed by atoms with van der Waals surface area (Å²) in [5.41, 5.74) is 6.70. The molecule has 0 aliphatic rings. The van der Waals surface area contributed by atoms with Crippen molar-refractivity contribution in [3.63, 3.8) is 0 Å². The third kappa shape index (κ3) is 3.79. The van der Waals surface area contributed by atoms with Crippen molar-refractivity contribution in [2.45, 2.75) is 0 Å². The van der Waals surface area contributed by atoms with Crippen LogP contribution in [-0.4, -0.2) is 9.97 Å². The van der Waals surface area contributed by atoms with E-state index in [1.807, 2.05) is 24.5 Å². The molecular weight excluding hydrogens is 653 g/mol. The fourth-order valence-electron chi connectivity index (χ4n) is 9.60.